The van der Waals surface area contributed by atoms with Gasteiger partial charge in [0.25, 0.3) is 0 Å². The number of hydrogen-bond donors (Lipinski definition) is 1. The Labute approximate surface area is 153 Å². The van der Waals surface area contributed by atoms with Crippen molar-refractivity contribution in [3.8, 4) is 17.0 Å². The lowest BCUT2D eigenvalue weighted by molar-refractivity contribution is -0.632. The second kappa shape index (κ2) is 6.68. The molecule has 0 amide bonds. The van der Waals surface area contributed by atoms with E-state index in [4.69, 9.17) is 10.5 Å². The highest BCUT2D eigenvalue weighted by Gasteiger charge is 2.21. The molecule has 0 saturated heterocycles. The van der Waals surface area contributed by atoms with Gasteiger partial charge in [-0.3, -0.25) is 0 Å². The molecule has 0 radical (unpaired) electrons. The number of nitrogens with zero attached hydrogens (tertiary/aromatic N) is 1. The molecule has 3 aromatic carbocycles. The summed E-state index contributed by atoms with van der Waals surface area (Å²) in [5.74, 6) is 0.903. The molecule has 0 aliphatic rings. The van der Waals surface area contributed by atoms with Gasteiger partial charge in [0, 0.05) is 22.7 Å². The predicted octanol–water partition coefficient (Wildman–Crippen LogP) is 4.86. The maximum absolute atomic E-state index is 6.06. The normalized spacial score (nSPS) is 11.2. The summed E-state index contributed by atoms with van der Waals surface area (Å²) in [6.07, 6.45) is 0.992. The van der Waals surface area contributed by atoms with Crippen molar-refractivity contribution in [1.29, 1.82) is 0 Å². The van der Waals surface area contributed by atoms with E-state index in [1.54, 1.807) is 0 Å². The number of aryl methyl sites for hydroxylation is 1. The van der Waals surface area contributed by atoms with Crippen LogP contribution in [0.5, 0.6) is 5.75 Å². The van der Waals surface area contributed by atoms with E-state index in [0.717, 1.165) is 35.7 Å². The Bertz CT molecular complexity index is 1100. The molecule has 4 rings (SSSR count). The minimum absolute atomic E-state index is 0.721. The molecular formula is C23H23N2O+. The van der Waals surface area contributed by atoms with Crippen LogP contribution in [0.25, 0.3) is 32.9 Å². The standard InChI is InChI=1S/C23H23N2O/c1-3-13-26-18-11-12-19-20-9-4-5-10-22(20)25(2)23(21(19)15-18)16-7-6-8-17(24)14-16/h4-12,14-15H,3,13,24H2,1-2H3/q+1. The van der Waals surface area contributed by atoms with Crippen LogP contribution in [0.3, 0.4) is 0 Å². The molecule has 0 spiro atoms. The third-order valence-electron chi connectivity index (χ3n) is 4.77. The van der Waals surface area contributed by atoms with Crippen molar-refractivity contribution in [2.45, 2.75) is 13.3 Å². The van der Waals surface area contributed by atoms with Crippen LogP contribution in [0.4, 0.5) is 5.69 Å². The molecule has 2 N–H and O–H groups in total. The lowest BCUT2D eigenvalue weighted by Gasteiger charge is -2.12. The zero-order valence-electron chi connectivity index (χ0n) is 15.2. The summed E-state index contributed by atoms with van der Waals surface area (Å²) in [5.41, 5.74) is 10.3. The van der Waals surface area contributed by atoms with Crippen molar-refractivity contribution in [1.82, 2.24) is 0 Å². The number of nitrogen functional groups attached to an aromatic ring is 1. The second-order valence-corrected chi connectivity index (χ2v) is 6.61. The van der Waals surface area contributed by atoms with Crippen LogP contribution in [0.1, 0.15) is 13.3 Å². The number of fused-ring (bicyclic) bond motifs is 3. The monoisotopic (exact) mass is 343 g/mol. The quantitative estimate of drug-likeness (QED) is 0.327. The van der Waals surface area contributed by atoms with Gasteiger partial charge in [0.05, 0.1) is 17.4 Å². The summed E-state index contributed by atoms with van der Waals surface area (Å²) in [6.45, 7) is 2.84. The number of ether oxygens (including phenoxy) is 1. The first kappa shape index (κ1) is 16.4. The van der Waals surface area contributed by atoms with E-state index in [1.807, 2.05) is 18.2 Å². The van der Waals surface area contributed by atoms with Gasteiger partial charge < -0.3 is 10.5 Å². The Morgan fingerprint density at radius 1 is 0.885 bits per heavy atom. The van der Waals surface area contributed by atoms with E-state index in [0.29, 0.717) is 0 Å². The summed E-state index contributed by atoms with van der Waals surface area (Å²) in [4.78, 5) is 0. The molecule has 0 fully saturated rings. The SMILES string of the molecule is CCCOc1ccc2c(c1)c(-c1cccc(N)c1)[n+](C)c1ccccc21. The molecule has 0 saturated carbocycles. The number of pyridine rings is 1. The van der Waals surface area contributed by atoms with Crippen molar-refractivity contribution in [2.75, 3.05) is 12.3 Å². The van der Waals surface area contributed by atoms with Gasteiger partial charge in [0.1, 0.15) is 12.8 Å². The molecule has 0 unspecified atom stereocenters. The van der Waals surface area contributed by atoms with Crippen molar-refractivity contribution >= 4 is 27.4 Å². The molecule has 4 aromatic rings. The highest BCUT2D eigenvalue weighted by molar-refractivity contribution is 6.09. The first-order valence-electron chi connectivity index (χ1n) is 9.02. The van der Waals surface area contributed by atoms with E-state index in [1.165, 1.54) is 21.7 Å². The van der Waals surface area contributed by atoms with Gasteiger partial charge >= 0.3 is 0 Å². The number of anilines is 1. The van der Waals surface area contributed by atoms with Gasteiger partial charge in [0.15, 0.2) is 0 Å². The molecule has 26 heavy (non-hydrogen) atoms. The topological polar surface area (TPSA) is 39.1 Å². The van der Waals surface area contributed by atoms with Gasteiger partial charge in [0.2, 0.25) is 11.2 Å². The van der Waals surface area contributed by atoms with Gasteiger partial charge in [-0.1, -0.05) is 25.1 Å². The summed E-state index contributed by atoms with van der Waals surface area (Å²) in [7, 11) is 2.11. The first-order chi connectivity index (χ1) is 12.7. The van der Waals surface area contributed by atoms with Crippen molar-refractivity contribution < 1.29 is 9.30 Å². The fraction of sp³-hybridized carbons (Fsp3) is 0.174. The Morgan fingerprint density at radius 2 is 1.73 bits per heavy atom. The summed E-state index contributed by atoms with van der Waals surface area (Å²) < 4.78 is 8.14. The Hall–Kier alpha value is -3.07. The minimum atomic E-state index is 0.721. The Kier molecular flexibility index (Phi) is 4.21. The van der Waals surface area contributed by atoms with E-state index < -0.39 is 0 Å². The van der Waals surface area contributed by atoms with Crippen LogP contribution in [0.15, 0.2) is 66.7 Å². The fourth-order valence-corrected chi connectivity index (χ4v) is 3.59. The molecule has 0 bridgehead atoms. The summed E-state index contributed by atoms with van der Waals surface area (Å²) in [6, 6.07) is 22.9. The van der Waals surface area contributed by atoms with Gasteiger partial charge in [-0.2, -0.15) is 4.57 Å². The van der Waals surface area contributed by atoms with Crippen LogP contribution in [0.2, 0.25) is 0 Å². The van der Waals surface area contributed by atoms with Crippen LogP contribution in [-0.2, 0) is 7.05 Å². The third-order valence-corrected chi connectivity index (χ3v) is 4.77. The first-order valence-corrected chi connectivity index (χ1v) is 9.02. The number of aromatic nitrogens is 1. The predicted molar refractivity (Wildman–Crippen MR) is 108 cm³/mol. The van der Waals surface area contributed by atoms with Crippen LogP contribution < -0.4 is 15.0 Å². The van der Waals surface area contributed by atoms with E-state index in [-0.39, 0.29) is 0 Å². The van der Waals surface area contributed by atoms with Crippen molar-refractivity contribution in [3.05, 3.63) is 66.7 Å². The largest absolute Gasteiger partial charge is 0.494 e. The Balaban J connectivity index is 2.09. The number of benzene rings is 3. The molecule has 3 heteroatoms. The zero-order valence-corrected chi connectivity index (χ0v) is 15.2. The third kappa shape index (κ3) is 2.76. The number of nitrogens with two attached hydrogens (primary N) is 1. The average molecular weight is 343 g/mol. The summed E-state index contributed by atoms with van der Waals surface area (Å²) >= 11 is 0. The second-order valence-electron chi connectivity index (χ2n) is 6.61. The fourth-order valence-electron chi connectivity index (χ4n) is 3.59. The van der Waals surface area contributed by atoms with E-state index >= 15 is 0 Å². The highest BCUT2D eigenvalue weighted by atomic mass is 16.5. The lowest BCUT2D eigenvalue weighted by atomic mass is 9.98. The number of rotatable bonds is 4. The molecule has 0 aliphatic carbocycles. The zero-order chi connectivity index (χ0) is 18.1. The van der Waals surface area contributed by atoms with E-state index in [9.17, 15) is 0 Å². The molecule has 3 nitrogen and oxygen atoms in total. The molecule has 0 aliphatic heterocycles. The van der Waals surface area contributed by atoms with Crippen LogP contribution in [-0.4, -0.2) is 6.61 Å². The van der Waals surface area contributed by atoms with E-state index in [2.05, 4.69) is 67.1 Å². The van der Waals surface area contributed by atoms with Gasteiger partial charge in [-0.25, -0.2) is 0 Å². The van der Waals surface area contributed by atoms with Gasteiger partial charge in [-0.05, 0) is 48.9 Å². The molecular weight excluding hydrogens is 320 g/mol. The minimum Gasteiger partial charge on any atom is -0.494 e. The van der Waals surface area contributed by atoms with Crippen LogP contribution >= 0.6 is 0 Å². The summed E-state index contributed by atoms with van der Waals surface area (Å²) in [5, 5.41) is 3.63. The highest BCUT2D eigenvalue weighted by Crippen LogP contribution is 2.33. The van der Waals surface area contributed by atoms with Crippen molar-refractivity contribution in [3.63, 3.8) is 0 Å². The maximum Gasteiger partial charge on any atom is 0.220 e. The van der Waals surface area contributed by atoms with Crippen LogP contribution in [0, 0.1) is 0 Å². The maximum atomic E-state index is 6.06. The molecule has 1 aromatic heterocycles. The average Bonchev–Trinajstić information content (AvgIpc) is 2.66. The molecule has 130 valence electrons. The van der Waals surface area contributed by atoms with Gasteiger partial charge in [-0.15, -0.1) is 0 Å². The van der Waals surface area contributed by atoms with Crippen molar-refractivity contribution in [2.24, 2.45) is 7.05 Å². The Morgan fingerprint density at radius 3 is 2.54 bits per heavy atom. The number of para-hydroxylation sites is 1. The smallest absolute Gasteiger partial charge is 0.220 e. The lowest BCUT2D eigenvalue weighted by Crippen LogP contribution is -2.32. The molecule has 1 heterocycles. The number of hydrogen-bond acceptors (Lipinski definition) is 2. The molecule has 0 atom stereocenters.